The summed E-state index contributed by atoms with van der Waals surface area (Å²) in [6, 6.07) is 3.51. The summed E-state index contributed by atoms with van der Waals surface area (Å²) in [4.78, 5) is 0. The van der Waals surface area contributed by atoms with E-state index in [1.807, 2.05) is 0 Å². The molecule has 3 nitrogen and oxygen atoms in total. The minimum absolute atomic E-state index is 0.314. The van der Waals surface area contributed by atoms with Gasteiger partial charge in [-0.3, -0.25) is 0 Å². The third kappa shape index (κ3) is 3.25. The van der Waals surface area contributed by atoms with E-state index in [1.54, 1.807) is 7.11 Å². The van der Waals surface area contributed by atoms with Crippen LogP contribution in [-0.2, 0) is 16.0 Å². The number of halogens is 2. The Bertz CT molecular complexity index is 386. The van der Waals surface area contributed by atoms with Gasteiger partial charge in [-0.25, -0.2) is 8.78 Å². The Morgan fingerprint density at radius 2 is 2.06 bits per heavy atom. The number of hydrogen-bond donors (Lipinski definition) is 1. The molecule has 1 aliphatic heterocycles. The van der Waals surface area contributed by atoms with E-state index < -0.39 is 11.6 Å². The monoisotopic (exact) mass is 257 g/mol. The molecular weight excluding hydrogens is 240 g/mol. The summed E-state index contributed by atoms with van der Waals surface area (Å²) in [5, 5.41) is 3.15. The lowest BCUT2D eigenvalue weighted by molar-refractivity contribution is -0.0159. The van der Waals surface area contributed by atoms with E-state index in [0.29, 0.717) is 31.9 Å². The zero-order valence-corrected chi connectivity index (χ0v) is 10.3. The first-order valence-electron chi connectivity index (χ1n) is 5.92. The van der Waals surface area contributed by atoms with Crippen LogP contribution in [0, 0.1) is 11.6 Å². The van der Waals surface area contributed by atoms with Crippen molar-refractivity contribution in [2.45, 2.75) is 18.6 Å². The summed E-state index contributed by atoms with van der Waals surface area (Å²) < 4.78 is 36.7. The lowest BCUT2D eigenvalue weighted by Gasteiger charge is -2.26. The first-order chi connectivity index (χ1) is 8.63. The van der Waals surface area contributed by atoms with Crippen molar-refractivity contribution in [3.8, 4) is 0 Å². The Kier molecular flexibility index (Phi) is 4.27. The Morgan fingerprint density at radius 3 is 2.61 bits per heavy atom. The molecule has 5 heteroatoms. The molecule has 2 rings (SSSR count). The molecule has 0 spiro atoms. The number of nitrogens with one attached hydrogen (secondary N) is 1. The number of hydrogen-bond acceptors (Lipinski definition) is 3. The second kappa shape index (κ2) is 5.73. The van der Waals surface area contributed by atoms with Crippen LogP contribution >= 0.6 is 0 Å². The van der Waals surface area contributed by atoms with Crippen molar-refractivity contribution in [1.82, 2.24) is 5.32 Å². The summed E-state index contributed by atoms with van der Waals surface area (Å²) in [6.07, 6.45) is 0.827. The van der Waals surface area contributed by atoms with E-state index in [1.165, 1.54) is 12.1 Å². The Labute approximate surface area is 105 Å². The van der Waals surface area contributed by atoms with E-state index in [2.05, 4.69) is 5.32 Å². The summed E-state index contributed by atoms with van der Waals surface area (Å²) >= 11 is 0. The largest absolute Gasteiger partial charge is 0.378 e. The van der Waals surface area contributed by atoms with Crippen LogP contribution < -0.4 is 5.32 Å². The van der Waals surface area contributed by atoms with Crippen molar-refractivity contribution in [3.63, 3.8) is 0 Å². The molecule has 0 amide bonds. The smallest absolute Gasteiger partial charge is 0.126 e. The molecule has 1 atom stereocenters. The molecule has 1 saturated heterocycles. The van der Waals surface area contributed by atoms with Gasteiger partial charge in [-0.2, -0.15) is 0 Å². The molecular formula is C13H17F2NO2. The molecule has 1 unspecified atom stereocenters. The average Bonchev–Trinajstić information content (AvgIpc) is 2.77. The Balaban J connectivity index is 1.87. The van der Waals surface area contributed by atoms with Crippen molar-refractivity contribution < 1.29 is 18.3 Å². The van der Waals surface area contributed by atoms with E-state index >= 15 is 0 Å². The van der Waals surface area contributed by atoms with Crippen LogP contribution in [0.3, 0.4) is 0 Å². The highest BCUT2D eigenvalue weighted by Crippen LogP contribution is 2.21. The first-order valence-corrected chi connectivity index (χ1v) is 5.92. The van der Waals surface area contributed by atoms with Gasteiger partial charge in [-0.1, -0.05) is 0 Å². The lowest BCUT2D eigenvalue weighted by atomic mass is 10.0. The number of benzene rings is 1. The number of rotatable bonds is 5. The minimum atomic E-state index is -0.558. The van der Waals surface area contributed by atoms with Gasteiger partial charge >= 0.3 is 0 Å². The summed E-state index contributed by atoms with van der Waals surface area (Å²) in [5.41, 5.74) is 0.268. The molecule has 0 saturated carbocycles. The number of methoxy groups -OCH3 is 1. The molecule has 1 N–H and O–H groups in total. The van der Waals surface area contributed by atoms with E-state index in [4.69, 9.17) is 9.47 Å². The van der Waals surface area contributed by atoms with Gasteiger partial charge in [-0.05, 0) is 17.7 Å². The fourth-order valence-electron chi connectivity index (χ4n) is 2.11. The molecule has 1 aliphatic rings. The second-order valence-electron chi connectivity index (χ2n) is 4.57. The van der Waals surface area contributed by atoms with E-state index in [-0.39, 0.29) is 5.60 Å². The normalized spacial score (nSPS) is 23.5. The van der Waals surface area contributed by atoms with E-state index in [0.717, 1.165) is 12.5 Å². The molecule has 1 fully saturated rings. The predicted octanol–water partition coefficient (Wildman–Crippen LogP) is 1.86. The van der Waals surface area contributed by atoms with Crippen molar-refractivity contribution in [2.75, 3.05) is 26.9 Å². The van der Waals surface area contributed by atoms with Gasteiger partial charge in [0.25, 0.3) is 0 Å². The highest BCUT2D eigenvalue weighted by Gasteiger charge is 2.34. The summed E-state index contributed by atoms with van der Waals surface area (Å²) in [7, 11) is 1.65. The molecule has 0 radical (unpaired) electrons. The van der Waals surface area contributed by atoms with Crippen molar-refractivity contribution >= 4 is 0 Å². The Morgan fingerprint density at radius 1 is 1.33 bits per heavy atom. The maximum atomic E-state index is 13.0. The molecule has 0 aromatic heterocycles. The SMILES string of the molecule is COC1(CNCc2cc(F)cc(F)c2)CCOC1. The maximum absolute atomic E-state index is 13.0. The fraction of sp³-hybridized carbons (Fsp3) is 0.538. The van der Waals surface area contributed by atoms with Gasteiger partial charge in [0.15, 0.2) is 0 Å². The third-order valence-corrected chi connectivity index (χ3v) is 3.20. The van der Waals surface area contributed by atoms with Crippen LogP contribution in [0.25, 0.3) is 0 Å². The van der Waals surface area contributed by atoms with Gasteiger partial charge in [0.05, 0.1) is 6.61 Å². The number of ether oxygens (including phenoxy) is 2. The van der Waals surface area contributed by atoms with Gasteiger partial charge < -0.3 is 14.8 Å². The van der Waals surface area contributed by atoms with Crippen LogP contribution in [0.5, 0.6) is 0 Å². The quantitative estimate of drug-likeness (QED) is 0.873. The summed E-state index contributed by atoms with van der Waals surface area (Å²) in [5.74, 6) is -1.12. The van der Waals surface area contributed by atoms with Crippen LogP contribution in [-0.4, -0.2) is 32.5 Å². The van der Waals surface area contributed by atoms with Crippen LogP contribution in [0.2, 0.25) is 0 Å². The maximum Gasteiger partial charge on any atom is 0.126 e. The summed E-state index contributed by atoms with van der Waals surface area (Å²) in [6.45, 7) is 2.24. The van der Waals surface area contributed by atoms with Gasteiger partial charge in [-0.15, -0.1) is 0 Å². The molecule has 18 heavy (non-hydrogen) atoms. The zero-order chi connectivity index (χ0) is 13.0. The molecule has 0 aliphatic carbocycles. The average molecular weight is 257 g/mol. The molecule has 100 valence electrons. The van der Waals surface area contributed by atoms with Crippen molar-refractivity contribution in [3.05, 3.63) is 35.4 Å². The zero-order valence-electron chi connectivity index (χ0n) is 10.3. The highest BCUT2D eigenvalue weighted by molar-refractivity contribution is 5.17. The van der Waals surface area contributed by atoms with Crippen molar-refractivity contribution in [1.29, 1.82) is 0 Å². The lowest BCUT2D eigenvalue weighted by Crippen LogP contribution is -2.42. The van der Waals surface area contributed by atoms with Crippen LogP contribution in [0.4, 0.5) is 8.78 Å². The van der Waals surface area contributed by atoms with Gasteiger partial charge in [0.2, 0.25) is 0 Å². The van der Waals surface area contributed by atoms with Crippen LogP contribution in [0.1, 0.15) is 12.0 Å². The highest BCUT2D eigenvalue weighted by atomic mass is 19.1. The second-order valence-corrected chi connectivity index (χ2v) is 4.57. The van der Waals surface area contributed by atoms with E-state index in [9.17, 15) is 8.78 Å². The third-order valence-electron chi connectivity index (χ3n) is 3.20. The van der Waals surface area contributed by atoms with Gasteiger partial charge in [0.1, 0.15) is 17.2 Å². The topological polar surface area (TPSA) is 30.5 Å². The molecule has 1 aromatic carbocycles. The first kappa shape index (κ1) is 13.4. The van der Waals surface area contributed by atoms with Gasteiger partial charge in [0, 0.05) is 39.3 Å². The Hall–Kier alpha value is -1.04. The fourth-order valence-corrected chi connectivity index (χ4v) is 2.11. The molecule has 0 bridgehead atoms. The van der Waals surface area contributed by atoms with Crippen LogP contribution in [0.15, 0.2) is 18.2 Å². The standard InChI is InChI=1S/C13H17F2NO2/c1-17-13(2-3-18-9-13)8-16-7-10-4-11(14)6-12(15)5-10/h4-6,16H,2-3,7-9H2,1H3. The van der Waals surface area contributed by atoms with Crippen molar-refractivity contribution in [2.24, 2.45) is 0 Å². The predicted molar refractivity (Wildman–Crippen MR) is 63.2 cm³/mol. The molecule has 1 heterocycles. The minimum Gasteiger partial charge on any atom is -0.378 e. The molecule has 1 aromatic rings.